The second kappa shape index (κ2) is 10.3. The van der Waals surface area contributed by atoms with Crippen LogP contribution >= 0.6 is 12.4 Å². The Kier molecular flexibility index (Phi) is 8.08. The van der Waals surface area contributed by atoms with Crippen LogP contribution in [0, 0.1) is 6.92 Å². The van der Waals surface area contributed by atoms with E-state index in [9.17, 15) is 9.59 Å². The van der Waals surface area contributed by atoms with Gasteiger partial charge in [-0.1, -0.05) is 29.8 Å². The molecule has 0 aliphatic carbocycles. The zero-order chi connectivity index (χ0) is 21.0. The van der Waals surface area contributed by atoms with Crippen LogP contribution in [0.5, 0.6) is 11.5 Å². The van der Waals surface area contributed by atoms with E-state index in [2.05, 4.69) is 0 Å². The molecular weight excluding hydrogens is 406 g/mol. The fourth-order valence-corrected chi connectivity index (χ4v) is 3.36. The number of halogens is 1. The molecule has 2 aromatic carbocycles. The minimum absolute atomic E-state index is 0. The van der Waals surface area contributed by atoms with Gasteiger partial charge >= 0.3 is 0 Å². The Hall–Kier alpha value is -2.77. The van der Waals surface area contributed by atoms with Gasteiger partial charge in [0.25, 0.3) is 5.91 Å². The smallest absolute Gasteiger partial charge is 0.254 e. The third-order valence-corrected chi connectivity index (χ3v) is 5.18. The number of piperazine rings is 1. The lowest BCUT2D eigenvalue weighted by atomic mass is 10.0. The Morgan fingerprint density at radius 1 is 0.900 bits per heavy atom. The van der Waals surface area contributed by atoms with Crippen molar-refractivity contribution in [3.05, 3.63) is 59.2 Å². The molecule has 2 aromatic rings. The number of nitrogens with two attached hydrogens (primary N) is 1. The summed E-state index contributed by atoms with van der Waals surface area (Å²) in [7, 11) is 3.09. The number of nitrogens with zero attached hydrogens (tertiary/aromatic N) is 2. The second-order valence-electron chi connectivity index (χ2n) is 7.11. The number of ether oxygens (including phenoxy) is 2. The van der Waals surface area contributed by atoms with Gasteiger partial charge < -0.3 is 25.0 Å². The van der Waals surface area contributed by atoms with E-state index < -0.39 is 6.04 Å². The lowest BCUT2D eigenvalue weighted by Gasteiger charge is -2.36. The zero-order valence-corrected chi connectivity index (χ0v) is 18.3. The van der Waals surface area contributed by atoms with Gasteiger partial charge in [-0.05, 0) is 24.6 Å². The van der Waals surface area contributed by atoms with Crippen LogP contribution in [0.1, 0.15) is 27.5 Å². The Morgan fingerprint density at radius 3 is 1.90 bits per heavy atom. The van der Waals surface area contributed by atoms with E-state index in [0.29, 0.717) is 43.2 Å². The van der Waals surface area contributed by atoms with Crippen LogP contribution in [0.2, 0.25) is 0 Å². The summed E-state index contributed by atoms with van der Waals surface area (Å²) < 4.78 is 10.5. The molecule has 30 heavy (non-hydrogen) atoms. The molecule has 162 valence electrons. The molecule has 1 aliphatic heterocycles. The summed E-state index contributed by atoms with van der Waals surface area (Å²) in [5.41, 5.74) is 8.58. The van der Waals surface area contributed by atoms with Crippen LogP contribution < -0.4 is 15.2 Å². The average molecular weight is 434 g/mol. The van der Waals surface area contributed by atoms with E-state index in [-0.39, 0.29) is 24.2 Å². The number of carbonyl (C=O) groups is 2. The number of hydrogen-bond donors (Lipinski definition) is 1. The molecule has 1 fully saturated rings. The molecule has 0 radical (unpaired) electrons. The van der Waals surface area contributed by atoms with Gasteiger partial charge in [-0.25, -0.2) is 0 Å². The van der Waals surface area contributed by atoms with E-state index in [4.69, 9.17) is 15.2 Å². The van der Waals surface area contributed by atoms with Crippen molar-refractivity contribution < 1.29 is 19.1 Å². The number of amides is 2. The molecule has 0 saturated carbocycles. The summed E-state index contributed by atoms with van der Waals surface area (Å²) in [4.78, 5) is 29.1. The fourth-order valence-electron chi connectivity index (χ4n) is 3.36. The number of carbonyl (C=O) groups excluding carboxylic acids is 2. The highest BCUT2D eigenvalue weighted by molar-refractivity contribution is 5.95. The predicted molar refractivity (Wildman–Crippen MR) is 117 cm³/mol. The Morgan fingerprint density at radius 2 is 1.40 bits per heavy atom. The second-order valence-corrected chi connectivity index (χ2v) is 7.11. The van der Waals surface area contributed by atoms with Crippen molar-refractivity contribution in [3.8, 4) is 11.5 Å². The number of benzene rings is 2. The van der Waals surface area contributed by atoms with E-state index >= 15 is 0 Å². The molecule has 1 atom stereocenters. The van der Waals surface area contributed by atoms with Crippen molar-refractivity contribution in [2.24, 2.45) is 5.73 Å². The van der Waals surface area contributed by atoms with Gasteiger partial charge in [0, 0.05) is 37.8 Å². The maximum atomic E-state index is 12.9. The largest absolute Gasteiger partial charge is 0.497 e. The maximum Gasteiger partial charge on any atom is 0.254 e. The molecule has 3 rings (SSSR count). The Balaban J connectivity index is 0.00000320. The summed E-state index contributed by atoms with van der Waals surface area (Å²) in [5, 5.41) is 0. The minimum Gasteiger partial charge on any atom is -0.497 e. The van der Waals surface area contributed by atoms with Crippen molar-refractivity contribution in [3.63, 3.8) is 0 Å². The average Bonchev–Trinajstić information content (AvgIpc) is 2.77. The topological polar surface area (TPSA) is 85.1 Å². The SMILES string of the molecule is COc1cc(OC)cc(C(=O)N2CCN(C(=O)C(N)c3ccc(C)cc3)CC2)c1.Cl. The molecule has 1 aliphatic rings. The molecule has 0 bridgehead atoms. The summed E-state index contributed by atoms with van der Waals surface area (Å²) in [6.07, 6.45) is 0. The minimum atomic E-state index is -0.694. The lowest BCUT2D eigenvalue weighted by Crippen LogP contribution is -2.52. The number of methoxy groups -OCH3 is 2. The van der Waals surface area contributed by atoms with Crippen molar-refractivity contribution in [1.29, 1.82) is 0 Å². The molecule has 0 aromatic heterocycles. The summed E-state index contributed by atoms with van der Waals surface area (Å²) in [6, 6.07) is 12.1. The van der Waals surface area contributed by atoms with Gasteiger partial charge in [0.2, 0.25) is 5.91 Å². The molecule has 2 N–H and O–H groups in total. The first-order valence-corrected chi connectivity index (χ1v) is 9.56. The van der Waals surface area contributed by atoms with Crippen LogP contribution in [0.25, 0.3) is 0 Å². The first kappa shape index (κ1) is 23.5. The highest BCUT2D eigenvalue weighted by Gasteiger charge is 2.28. The highest BCUT2D eigenvalue weighted by atomic mass is 35.5. The first-order chi connectivity index (χ1) is 13.9. The van der Waals surface area contributed by atoms with Crippen molar-refractivity contribution in [2.75, 3.05) is 40.4 Å². The quantitative estimate of drug-likeness (QED) is 0.782. The predicted octanol–water partition coefficient (Wildman–Crippen LogP) is 2.42. The zero-order valence-electron chi connectivity index (χ0n) is 17.5. The number of hydrogen-bond acceptors (Lipinski definition) is 5. The molecule has 7 nitrogen and oxygen atoms in total. The molecule has 0 spiro atoms. The Labute approximate surface area is 183 Å². The van der Waals surface area contributed by atoms with E-state index in [1.165, 1.54) is 0 Å². The molecule has 1 saturated heterocycles. The van der Waals surface area contributed by atoms with Gasteiger partial charge in [0.05, 0.1) is 14.2 Å². The third-order valence-electron chi connectivity index (χ3n) is 5.18. The standard InChI is InChI=1S/C22H27N3O4.ClH/c1-15-4-6-16(7-5-15)20(23)22(27)25-10-8-24(9-11-25)21(26)17-12-18(28-2)14-19(13-17)29-3;/h4-7,12-14,20H,8-11,23H2,1-3H3;1H. The van der Waals surface area contributed by atoms with Gasteiger partial charge in [-0.3, -0.25) is 9.59 Å². The number of rotatable bonds is 5. The van der Waals surface area contributed by atoms with Gasteiger partial charge in [0.15, 0.2) is 0 Å². The summed E-state index contributed by atoms with van der Waals surface area (Å²) in [5.74, 6) is 0.886. The van der Waals surface area contributed by atoms with E-state index in [1.54, 1.807) is 42.2 Å². The van der Waals surface area contributed by atoms with Crippen LogP contribution in [0.3, 0.4) is 0 Å². The van der Waals surface area contributed by atoms with Crippen molar-refractivity contribution in [1.82, 2.24) is 9.80 Å². The van der Waals surface area contributed by atoms with Crippen LogP contribution in [-0.2, 0) is 4.79 Å². The maximum absolute atomic E-state index is 12.9. The summed E-state index contributed by atoms with van der Waals surface area (Å²) in [6.45, 7) is 3.79. The third kappa shape index (κ3) is 5.23. The molecule has 1 heterocycles. The van der Waals surface area contributed by atoms with Crippen LogP contribution in [0.4, 0.5) is 0 Å². The Bertz CT molecular complexity index is 858. The van der Waals surface area contributed by atoms with Crippen LogP contribution in [-0.4, -0.2) is 62.0 Å². The lowest BCUT2D eigenvalue weighted by molar-refractivity contribution is -0.134. The van der Waals surface area contributed by atoms with Gasteiger partial charge in [-0.2, -0.15) is 0 Å². The highest BCUT2D eigenvalue weighted by Crippen LogP contribution is 2.24. The molecule has 1 unspecified atom stereocenters. The fraction of sp³-hybridized carbons (Fsp3) is 0.364. The summed E-state index contributed by atoms with van der Waals surface area (Å²) >= 11 is 0. The van der Waals surface area contributed by atoms with Gasteiger partial charge in [0.1, 0.15) is 17.5 Å². The molecule has 2 amide bonds. The van der Waals surface area contributed by atoms with Crippen molar-refractivity contribution in [2.45, 2.75) is 13.0 Å². The van der Waals surface area contributed by atoms with Crippen molar-refractivity contribution >= 4 is 24.2 Å². The molecule has 8 heteroatoms. The molecular formula is C22H28ClN3O4. The number of aryl methyl sites for hydroxylation is 1. The van der Waals surface area contributed by atoms with Crippen LogP contribution in [0.15, 0.2) is 42.5 Å². The monoisotopic (exact) mass is 433 g/mol. The van der Waals surface area contributed by atoms with Gasteiger partial charge in [-0.15, -0.1) is 12.4 Å². The first-order valence-electron chi connectivity index (χ1n) is 9.56. The van der Waals surface area contributed by atoms with E-state index in [1.807, 2.05) is 31.2 Å². The van der Waals surface area contributed by atoms with E-state index in [0.717, 1.165) is 11.1 Å². The normalized spacial score (nSPS) is 14.5.